The van der Waals surface area contributed by atoms with Crippen LogP contribution in [0, 0.1) is 11.3 Å². The molecule has 0 bridgehead atoms. The third-order valence-electron chi connectivity index (χ3n) is 21.7. The molecule has 0 fully saturated rings. The molecule has 21 rings (SSSR count). The van der Waals surface area contributed by atoms with E-state index in [-0.39, 0.29) is 22.3 Å². The second-order valence-corrected chi connectivity index (χ2v) is 27.3. The largest absolute Gasteiger partial charge is 0.417 e. The van der Waals surface area contributed by atoms with Crippen LogP contribution in [-0.4, -0.2) is 27.4 Å². The average Bonchev–Trinajstić information content (AvgIpc) is 1.61. The number of rotatable bonds is 8. The number of benzene rings is 15. The summed E-state index contributed by atoms with van der Waals surface area (Å²) in [6.45, 7) is 0. The maximum Gasteiger partial charge on any atom is 0.417 e. The molecule has 6 heterocycles. The Bertz CT molecular complexity index is 6820. The molecule has 7 nitrogen and oxygen atoms in total. The molecule has 106 heavy (non-hydrogen) atoms. The van der Waals surface area contributed by atoms with Crippen molar-refractivity contribution >= 4 is 131 Å². The van der Waals surface area contributed by atoms with Gasteiger partial charge in [0, 0.05) is 110 Å². The lowest BCUT2D eigenvalue weighted by molar-refractivity contribution is -0.142. The average molecular weight is 1380 g/mol. The van der Waals surface area contributed by atoms with E-state index in [0.717, 1.165) is 149 Å². The van der Waals surface area contributed by atoms with Gasteiger partial charge in [-0.25, -0.2) is 0 Å². The number of hydrogen-bond donors (Lipinski definition) is 0. The molecule has 0 N–H and O–H groups in total. The SMILES string of the molecule is N#Cc1ccc(-n2c3ccc(-n4c5ccccc5c5ccccc54)cc3c3cc(-n4c5ccccc5c5ccccc54)ccc32)cc1-c1cc(-c2c(C(F)(F)F)cccc2C(F)(F)F)ccc1-n1c2ccc(-n3c4ccccc4c4ccccc43)cc2c2cc(-n3c4ccccc4c4ccccc43)ccc21. The Hall–Kier alpha value is -13.8. The van der Waals surface area contributed by atoms with Crippen LogP contribution in [0.2, 0.25) is 0 Å². The van der Waals surface area contributed by atoms with E-state index in [9.17, 15) is 5.26 Å². The predicted octanol–water partition coefficient (Wildman–Crippen LogP) is 25.5. The highest BCUT2D eigenvalue weighted by Crippen LogP contribution is 2.50. The summed E-state index contributed by atoms with van der Waals surface area (Å²) in [5.41, 5.74) is 12.0. The zero-order valence-electron chi connectivity index (χ0n) is 56.0. The molecule has 0 aliphatic heterocycles. The molecule has 0 saturated heterocycles. The van der Waals surface area contributed by atoms with Gasteiger partial charge < -0.3 is 27.4 Å². The lowest BCUT2D eigenvalue weighted by atomic mass is 9.89. The molecule has 0 aliphatic carbocycles. The highest BCUT2D eigenvalue weighted by Gasteiger charge is 2.41. The van der Waals surface area contributed by atoms with Gasteiger partial charge in [-0.15, -0.1) is 0 Å². The van der Waals surface area contributed by atoms with Gasteiger partial charge in [-0.2, -0.15) is 31.6 Å². The summed E-state index contributed by atoms with van der Waals surface area (Å²) in [4.78, 5) is 0. The van der Waals surface area contributed by atoms with Crippen molar-refractivity contribution in [1.82, 2.24) is 27.4 Å². The quantitative estimate of drug-likeness (QED) is 0.140. The minimum Gasteiger partial charge on any atom is -0.309 e. The molecule has 0 atom stereocenters. The van der Waals surface area contributed by atoms with Gasteiger partial charge in [0.2, 0.25) is 0 Å². The van der Waals surface area contributed by atoms with Crippen LogP contribution in [0.25, 0.3) is 187 Å². The van der Waals surface area contributed by atoms with Gasteiger partial charge >= 0.3 is 12.4 Å². The van der Waals surface area contributed by atoms with Crippen LogP contribution in [0.15, 0.2) is 322 Å². The fraction of sp³-hybridized carbons (Fsp3) is 0.0215. The summed E-state index contributed by atoms with van der Waals surface area (Å²) < 4.78 is 107. The Labute approximate surface area is 599 Å². The second kappa shape index (κ2) is 22.6. The summed E-state index contributed by atoms with van der Waals surface area (Å²) in [7, 11) is 0. The number of nitriles is 1. The lowest BCUT2D eigenvalue weighted by Gasteiger charge is -2.22. The van der Waals surface area contributed by atoms with Crippen molar-refractivity contribution in [3.63, 3.8) is 0 Å². The molecule has 0 radical (unpaired) electrons. The normalized spacial score (nSPS) is 12.4. The Kier molecular flexibility index (Phi) is 13.0. The first-order chi connectivity index (χ1) is 51.8. The molecule has 0 amide bonds. The topological polar surface area (TPSA) is 53.4 Å². The van der Waals surface area contributed by atoms with Gasteiger partial charge in [-0.1, -0.05) is 158 Å². The molecule has 0 unspecified atom stereocenters. The minimum absolute atomic E-state index is 0.133. The molecule has 0 spiro atoms. The number of nitrogens with zero attached hydrogens (tertiary/aromatic N) is 7. The summed E-state index contributed by atoms with van der Waals surface area (Å²) in [5.74, 6) is 0. The number of aromatic nitrogens is 6. The fourth-order valence-electron chi connectivity index (χ4n) is 17.3. The van der Waals surface area contributed by atoms with E-state index >= 15 is 26.3 Å². The molecule has 0 aliphatic rings. The van der Waals surface area contributed by atoms with E-state index in [1.165, 1.54) is 12.1 Å². The highest BCUT2D eigenvalue weighted by molar-refractivity contribution is 6.17. The fourth-order valence-corrected chi connectivity index (χ4v) is 17.3. The van der Waals surface area contributed by atoms with Crippen molar-refractivity contribution in [2.75, 3.05) is 0 Å². The van der Waals surface area contributed by atoms with Gasteiger partial charge in [-0.05, 0) is 169 Å². The summed E-state index contributed by atoms with van der Waals surface area (Å²) >= 11 is 0. The Balaban J connectivity index is 0.850. The van der Waals surface area contributed by atoms with Gasteiger partial charge in [0.1, 0.15) is 0 Å². The van der Waals surface area contributed by atoms with Crippen LogP contribution in [0.3, 0.4) is 0 Å². The Morgan fingerprint density at radius 1 is 0.226 bits per heavy atom. The molecular weight excluding hydrogens is 1330 g/mol. The van der Waals surface area contributed by atoms with Crippen LogP contribution in [0.4, 0.5) is 26.3 Å². The van der Waals surface area contributed by atoms with Crippen molar-refractivity contribution in [2.24, 2.45) is 0 Å². The van der Waals surface area contributed by atoms with Crippen LogP contribution in [0.5, 0.6) is 0 Å². The van der Waals surface area contributed by atoms with Gasteiger partial charge in [-0.3, -0.25) is 0 Å². The number of hydrogen-bond acceptors (Lipinski definition) is 1. The van der Waals surface area contributed by atoms with E-state index in [2.05, 4.69) is 187 Å². The number of para-hydroxylation sites is 8. The molecule has 15 aromatic carbocycles. The second-order valence-electron chi connectivity index (χ2n) is 27.3. The molecule has 13 heteroatoms. The first-order valence-electron chi connectivity index (χ1n) is 34.9. The third kappa shape index (κ3) is 8.88. The zero-order valence-corrected chi connectivity index (χ0v) is 56.0. The molecular formula is C93H53F6N7. The van der Waals surface area contributed by atoms with E-state index in [0.29, 0.717) is 34.5 Å². The molecule has 21 aromatic rings. The van der Waals surface area contributed by atoms with Gasteiger partial charge in [0.25, 0.3) is 0 Å². The number of fused-ring (bicyclic) bond motifs is 18. The van der Waals surface area contributed by atoms with Crippen molar-refractivity contribution in [3.8, 4) is 62.4 Å². The molecule has 502 valence electrons. The highest BCUT2D eigenvalue weighted by atomic mass is 19.4. The molecule has 6 aromatic heterocycles. The number of alkyl halides is 6. The van der Waals surface area contributed by atoms with Crippen LogP contribution < -0.4 is 0 Å². The van der Waals surface area contributed by atoms with Crippen molar-refractivity contribution in [2.45, 2.75) is 12.4 Å². The molecule has 0 saturated carbocycles. The van der Waals surface area contributed by atoms with Crippen LogP contribution in [0.1, 0.15) is 16.7 Å². The summed E-state index contributed by atoms with van der Waals surface area (Å²) in [6, 6.07) is 106. The monoisotopic (exact) mass is 1380 g/mol. The van der Waals surface area contributed by atoms with E-state index < -0.39 is 29.0 Å². The minimum atomic E-state index is -5.21. The van der Waals surface area contributed by atoms with Crippen molar-refractivity contribution in [1.29, 1.82) is 5.26 Å². The third-order valence-corrected chi connectivity index (χ3v) is 21.7. The summed E-state index contributed by atoms with van der Waals surface area (Å²) in [6.07, 6.45) is -10.4. The zero-order chi connectivity index (χ0) is 71.0. The maximum absolute atomic E-state index is 15.6. The Morgan fingerprint density at radius 3 is 0.783 bits per heavy atom. The maximum atomic E-state index is 15.6. The predicted molar refractivity (Wildman–Crippen MR) is 418 cm³/mol. The smallest absolute Gasteiger partial charge is 0.309 e. The van der Waals surface area contributed by atoms with E-state index in [4.69, 9.17) is 0 Å². The standard InChI is InChI=1S/C93H53F6N7/c94-92(95,96)76-26-17-27-77(93(97,98)99)91(76)55-37-43-88(106-89-46-41-60(103-82-32-13-5-22-66(82)67-23-6-14-33-83(67)103)52-74(89)75-53-61(42-47-90(75)106)104-84-34-15-7-24-68(84)69-25-8-16-35-85(69)104)71(48-55)70-49-57(38-36-56(70)54-100)105-86-44-39-58(101-78-28-9-1-18-62(78)63-19-2-10-29-79(63)101)50-72(86)73-51-59(40-45-87(73)105)102-80-30-11-3-20-64(80)65-21-4-12-31-81(65)102/h1-53H. The Morgan fingerprint density at radius 2 is 0.491 bits per heavy atom. The van der Waals surface area contributed by atoms with Crippen molar-refractivity contribution < 1.29 is 26.3 Å². The lowest BCUT2D eigenvalue weighted by Crippen LogP contribution is -2.14. The first kappa shape index (κ1) is 60.9. The van der Waals surface area contributed by atoms with Crippen LogP contribution in [-0.2, 0) is 12.4 Å². The van der Waals surface area contributed by atoms with Crippen molar-refractivity contribution in [3.05, 3.63) is 338 Å². The first-order valence-corrected chi connectivity index (χ1v) is 34.9. The van der Waals surface area contributed by atoms with E-state index in [1.807, 2.05) is 126 Å². The van der Waals surface area contributed by atoms with Gasteiger partial charge in [0.15, 0.2) is 0 Å². The van der Waals surface area contributed by atoms with Gasteiger partial charge in [0.05, 0.1) is 94.6 Å². The summed E-state index contributed by atoms with van der Waals surface area (Å²) in [5, 5.41) is 23.8. The van der Waals surface area contributed by atoms with E-state index in [1.54, 1.807) is 12.1 Å². The number of halogens is 6. The van der Waals surface area contributed by atoms with Crippen LogP contribution >= 0.6 is 0 Å².